The zero-order valence-electron chi connectivity index (χ0n) is 11.6. The average Bonchev–Trinajstić information content (AvgIpc) is 2.31. The molecule has 0 fully saturated rings. The molecule has 0 heterocycles. The normalized spacial score (nSPS) is 19.3. The summed E-state index contributed by atoms with van der Waals surface area (Å²) < 4.78 is 191. The molecule has 0 aliphatic heterocycles. The second-order valence-corrected chi connectivity index (χ2v) is 4.96. The first-order valence-corrected chi connectivity index (χ1v) is 5.76. The Morgan fingerprint density at radius 2 is 0.885 bits per heavy atom. The molecule has 2 atom stereocenters. The van der Waals surface area contributed by atoms with Crippen LogP contribution in [0.5, 0.6) is 0 Å². The predicted molar refractivity (Wildman–Crippen MR) is 51.7 cm³/mol. The van der Waals surface area contributed by atoms with Crippen LogP contribution in [0.1, 0.15) is 6.42 Å². The van der Waals surface area contributed by atoms with Crippen molar-refractivity contribution in [2.75, 3.05) is 0 Å². The highest BCUT2D eigenvalue weighted by Crippen LogP contribution is 2.64. The van der Waals surface area contributed by atoms with Crippen molar-refractivity contribution >= 4 is 0 Å². The smallest absolute Gasteiger partial charge is 0.393 e. The van der Waals surface area contributed by atoms with Crippen molar-refractivity contribution in [1.82, 2.24) is 0 Å². The zero-order chi connectivity index (χ0) is 21.8. The van der Waals surface area contributed by atoms with Gasteiger partial charge < -0.3 is 5.11 Å². The van der Waals surface area contributed by atoms with Crippen LogP contribution in [-0.4, -0.2) is 52.9 Å². The van der Waals surface area contributed by atoms with Crippen LogP contribution in [0.2, 0.25) is 0 Å². The van der Waals surface area contributed by atoms with E-state index in [2.05, 4.69) is 0 Å². The largest absolute Gasteiger partial charge is 0.457 e. The maximum Gasteiger partial charge on any atom is 0.457 e. The number of hydrogen-bond acceptors (Lipinski definition) is 1. The highest BCUT2D eigenvalue weighted by molar-refractivity contribution is 5.19. The van der Waals surface area contributed by atoms with Gasteiger partial charge in [0.05, 0.1) is 6.10 Å². The summed E-state index contributed by atoms with van der Waals surface area (Å²) >= 11 is 0. The van der Waals surface area contributed by atoms with E-state index in [1.54, 1.807) is 0 Å². The Balaban J connectivity index is 7.05. The third-order valence-electron chi connectivity index (χ3n) is 3.08. The maximum absolute atomic E-state index is 14.0. The number of alkyl halides is 15. The van der Waals surface area contributed by atoms with Gasteiger partial charge in [0.15, 0.2) is 0 Å². The molecule has 0 aromatic carbocycles. The molecule has 0 aromatic heterocycles. The Morgan fingerprint density at radius 1 is 0.577 bits per heavy atom. The van der Waals surface area contributed by atoms with Crippen LogP contribution in [0, 0.1) is 6.92 Å². The van der Waals surface area contributed by atoms with Gasteiger partial charge in [0.25, 0.3) is 5.67 Å². The minimum Gasteiger partial charge on any atom is -0.393 e. The quantitative estimate of drug-likeness (QED) is 0.617. The molecule has 0 saturated heterocycles. The first-order chi connectivity index (χ1) is 10.9. The van der Waals surface area contributed by atoms with Crippen molar-refractivity contribution in [3.8, 4) is 0 Å². The second-order valence-electron chi connectivity index (χ2n) is 4.96. The van der Waals surface area contributed by atoms with Gasteiger partial charge >= 0.3 is 36.0 Å². The molecule has 0 spiro atoms. The SMILES string of the molecule is [CH2]C(O)CC(F)(C(F)(F)C(F)(F)F)C(F)(F)C(F)(C(F)(F)F)C(F)(F)F. The van der Waals surface area contributed by atoms with Gasteiger partial charge in [-0.15, -0.1) is 0 Å². The monoisotopic (exact) mass is 427 g/mol. The van der Waals surface area contributed by atoms with Gasteiger partial charge in [-0.2, -0.15) is 57.1 Å². The molecule has 0 bridgehead atoms. The topological polar surface area (TPSA) is 20.2 Å². The molecule has 0 aliphatic rings. The lowest BCUT2D eigenvalue weighted by molar-refractivity contribution is -0.445. The Kier molecular flexibility index (Phi) is 5.96. The minimum atomic E-state index is -8.16. The van der Waals surface area contributed by atoms with E-state index in [1.165, 1.54) is 0 Å². The van der Waals surface area contributed by atoms with Gasteiger partial charge in [-0.25, -0.2) is 8.78 Å². The number of aliphatic hydroxyl groups is 1. The van der Waals surface area contributed by atoms with Crippen LogP contribution in [-0.2, 0) is 0 Å². The Labute approximate surface area is 133 Å². The molecule has 1 nitrogen and oxygen atoms in total. The summed E-state index contributed by atoms with van der Waals surface area (Å²) in [5.74, 6) is -15.8. The van der Waals surface area contributed by atoms with E-state index in [1.807, 2.05) is 6.92 Å². The first kappa shape index (κ1) is 24.9. The van der Waals surface area contributed by atoms with E-state index in [0.29, 0.717) is 0 Å². The highest BCUT2D eigenvalue weighted by atomic mass is 19.4. The molecule has 26 heavy (non-hydrogen) atoms. The summed E-state index contributed by atoms with van der Waals surface area (Å²) in [6.45, 7) is 2.04. The third-order valence-corrected chi connectivity index (χ3v) is 3.08. The summed E-state index contributed by atoms with van der Waals surface area (Å²) in [6, 6.07) is 0. The van der Waals surface area contributed by atoms with Crippen molar-refractivity contribution in [3.63, 3.8) is 0 Å². The second kappa shape index (κ2) is 6.22. The van der Waals surface area contributed by atoms with E-state index in [-0.39, 0.29) is 0 Å². The van der Waals surface area contributed by atoms with Crippen molar-refractivity contribution in [1.29, 1.82) is 0 Å². The number of rotatable bonds is 5. The first-order valence-electron chi connectivity index (χ1n) is 5.76. The summed E-state index contributed by atoms with van der Waals surface area (Å²) in [7, 11) is 0. The molecule has 0 rings (SSSR count). The van der Waals surface area contributed by atoms with Gasteiger partial charge in [-0.1, -0.05) is 0 Å². The molecule has 1 N–H and O–H groups in total. The van der Waals surface area contributed by atoms with Crippen LogP contribution in [0.25, 0.3) is 0 Å². The third kappa shape index (κ3) is 3.28. The molecule has 2 unspecified atom stereocenters. The van der Waals surface area contributed by atoms with Crippen molar-refractivity contribution < 1.29 is 71.0 Å². The molecular weight excluding hydrogens is 421 g/mol. The van der Waals surface area contributed by atoms with Crippen LogP contribution >= 0.6 is 0 Å². The van der Waals surface area contributed by atoms with Crippen LogP contribution in [0.15, 0.2) is 0 Å². The van der Waals surface area contributed by atoms with E-state index in [9.17, 15) is 65.9 Å². The lowest BCUT2D eigenvalue weighted by Gasteiger charge is -2.46. The minimum absolute atomic E-state index is 2.04. The fourth-order valence-electron chi connectivity index (χ4n) is 1.79. The van der Waals surface area contributed by atoms with Crippen LogP contribution < -0.4 is 0 Å². The molecule has 0 saturated carbocycles. The number of aliphatic hydroxyl groups excluding tert-OH is 1. The van der Waals surface area contributed by atoms with E-state index < -0.39 is 54.2 Å². The Hall–Kier alpha value is -1.09. The van der Waals surface area contributed by atoms with Crippen LogP contribution in [0.3, 0.4) is 0 Å². The van der Waals surface area contributed by atoms with Gasteiger partial charge in [0.2, 0.25) is 0 Å². The fraction of sp³-hybridized carbons (Fsp3) is 0.900. The van der Waals surface area contributed by atoms with Crippen molar-refractivity contribution in [2.45, 2.75) is 54.2 Å². The summed E-state index contributed by atoms with van der Waals surface area (Å²) in [5.41, 5.74) is -15.4. The molecule has 0 amide bonds. The van der Waals surface area contributed by atoms with Gasteiger partial charge in [0.1, 0.15) is 0 Å². The fourth-order valence-corrected chi connectivity index (χ4v) is 1.79. The average molecular weight is 427 g/mol. The Bertz CT molecular complexity index is 484. The molecule has 0 aliphatic carbocycles. The van der Waals surface area contributed by atoms with E-state index in [4.69, 9.17) is 5.11 Å². The summed E-state index contributed by atoms with van der Waals surface area (Å²) in [4.78, 5) is 0. The number of halogens is 15. The molecule has 1 radical (unpaired) electrons. The lowest BCUT2D eigenvalue weighted by Crippen LogP contribution is -2.76. The van der Waals surface area contributed by atoms with Gasteiger partial charge in [-0.3, -0.25) is 0 Å². The van der Waals surface area contributed by atoms with E-state index in [0.717, 1.165) is 0 Å². The standard InChI is InChI=1S/C10H6F15O/c1-3(26)2-4(11,7(15,16)10(23,24)25)6(13,14)5(12,8(17,18)19)9(20,21)22/h3,26H,1-2H2. The number of hydrogen-bond donors (Lipinski definition) is 1. The Morgan fingerprint density at radius 3 is 1.08 bits per heavy atom. The van der Waals surface area contributed by atoms with Gasteiger partial charge in [-0.05, 0) is 6.92 Å². The van der Waals surface area contributed by atoms with Crippen LogP contribution in [0.4, 0.5) is 65.9 Å². The molecule has 157 valence electrons. The zero-order valence-corrected chi connectivity index (χ0v) is 11.6. The van der Waals surface area contributed by atoms with Crippen molar-refractivity contribution in [2.24, 2.45) is 0 Å². The molecule has 16 heteroatoms. The van der Waals surface area contributed by atoms with Crippen molar-refractivity contribution in [3.05, 3.63) is 6.92 Å². The predicted octanol–water partition coefficient (Wildman–Crippen LogP) is 4.95. The molecular formula is C10H6F15O. The lowest BCUT2D eigenvalue weighted by atomic mass is 9.76. The van der Waals surface area contributed by atoms with E-state index >= 15 is 0 Å². The summed E-state index contributed by atoms with van der Waals surface area (Å²) in [5, 5.41) is 8.48. The van der Waals surface area contributed by atoms with Gasteiger partial charge in [0, 0.05) is 6.42 Å². The summed E-state index contributed by atoms with van der Waals surface area (Å²) in [6.07, 6.45) is -30.0. The maximum atomic E-state index is 14.0. The highest BCUT2D eigenvalue weighted by Gasteiger charge is 2.94. The molecule has 0 aromatic rings.